The van der Waals surface area contributed by atoms with Crippen LogP contribution in [-0.2, 0) is 4.79 Å². The highest BCUT2D eigenvalue weighted by molar-refractivity contribution is 9.10. The van der Waals surface area contributed by atoms with Crippen LogP contribution in [0.3, 0.4) is 0 Å². The zero-order valence-corrected chi connectivity index (χ0v) is 16.8. The molecule has 0 aliphatic rings. The van der Waals surface area contributed by atoms with Gasteiger partial charge < -0.3 is 19.6 Å². The summed E-state index contributed by atoms with van der Waals surface area (Å²) in [7, 11) is 0. The molecular formula is C19H16BrN3O6. The molecule has 0 atom stereocenters. The van der Waals surface area contributed by atoms with Gasteiger partial charge in [-0.3, -0.25) is 4.79 Å². The Hall–Kier alpha value is -3.40. The van der Waals surface area contributed by atoms with E-state index in [0.717, 1.165) is 4.68 Å². The van der Waals surface area contributed by atoms with E-state index in [-0.39, 0.29) is 5.75 Å². The number of nitrogens with one attached hydrogen (secondary N) is 1. The van der Waals surface area contributed by atoms with Gasteiger partial charge in [0.2, 0.25) is 0 Å². The van der Waals surface area contributed by atoms with E-state index in [1.54, 1.807) is 37.3 Å². The maximum Gasteiger partial charge on any atom is 0.349 e. The van der Waals surface area contributed by atoms with Crippen LogP contribution in [0, 0.1) is 0 Å². The highest BCUT2D eigenvalue weighted by Gasteiger charge is 2.12. The molecule has 9 nitrogen and oxygen atoms in total. The first-order chi connectivity index (χ1) is 13.9. The first kappa shape index (κ1) is 20.3. The second kappa shape index (κ2) is 8.74. The Morgan fingerprint density at radius 1 is 1.24 bits per heavy atom. The molecule has 0 radical (unpaired) electrons. The number of carboxylic acid groups (broad SMARTS) is 1. The number of nitrogens with zero attached hydrogens (tertiary/aromatic N) is 2. The third-order valence-electron chi connectivity index (χ3n) is 3.81. The highest BCUT2D eigenvalue weighted by Crippen LogP contribution is 2.33. The van der Waals surface area contributed by atoms with Gasteiger partial charge in [0.25, 0.3) is 5.56 Å². The molecule has 0 unspecified atom stereocenters. The Bertz CT molecular complexity index is 1210. The summed E-state index contributed by atoms with van der Waals surface area (Å²) in [5.74, 6) is -0.582. The molecule has 0 saturated heterocycles. The van der Waals surface area contributed by atoms with E-state index >= 15 is 0 Å². The number of rotatable bonds is 7. The zero-order chi connectivity index (χ0) is 21.0. The van der Waals surface area contributed by atoms with Crippen LogP contribution < -0.4 is 20.7 Å². The minimum atomic E-state index is -1.12. The van der Waals surface area contributed by atoms with Crippen molar-refractivity contribution in [3.05, 3.63) is 67.3 Å². The summed E-state index contributed by atoms with van der Waals surface area (Å²) in [4.78, 5) is 38.1. The monoisotopic (exact) mass is 461 g/mol. The Morgan fingerprint density at radius 3 is 2.69 bits per heavy atom. The lowest BCUT2D eigenvalue weighted by atomic mass is 10.2. The van der Waals surface area contributed by atoms with E-state index in [2.05, 4.69) is 26.0 Å². The smallest absolute Gasteiger partial charge is 0.349 e. The summed E-state index contributed by atoms with van der Waals surface area (Å²) in [6.45, 7) is 1.57. The number of aromatic amines is 1. The van der Waals surface area contributed by atoms with Crippen molar-refractivity contribution in [2.24, 2.45) is 5.10 Å². The lowest BCUT2D eigenvalue weighted by Crippen LogP contribution is -2.32. The van der Waals surface area contributed by atoms with Gasteiger partial charge in [-0.05, 0) is 47.1 Å². The number of halogens is 1. The summed E-state index contributed by atoms with van der Waals surface area (Å²) >= 11 is 3.34. The molecule has 10 heteroatoms. The molecule has 1 aromatic heterocycles. The molecule has 1 heterocycles. The number of carbonyl (C=O) groups is 1. The highest BCUT2D eigenvalue weighted by atomic mass is 79.9. The number of H-pyrrole nitrogens is 1. The molecule has 0 aliphatic carbocycles. The summed E-state index contributed by atoms with van der Waals surface area (Å²) in [5.41, 5.74) is -0.306. The fraction of sp³-hybridized carbons (Fsp3) is 0.158. The number of benzene rings is 2. The van der Waals surface area contributed by atoms with Crippen LogP contribution in [0.5, 0.6) is 11.5 Å². The van der Waals surface area contributed by atoms with E-state index < -0.39 is 23.8 Å². The average molecular weight is 462 g/mol. The number of ether oxygens (including phenoxy) is 2. The minimum Gasteiger partial charge on any atom is -0.490 e. The molecule has 2 aromatic carbocycles. The average Bonchev–Trinajstić information content (AvgIpc) is 2.68. The lowest BCUT2D eigenvalue weighted by molar-refractivity contribution is -0.139. The van der Waals surface area contributed by atoms with E-state index in [1.165, 1.54) is 12.3 Å². The van der Waals surface area contributed by atoms with Crippen LogP contribution in [0.15, 0.2) is 55.6 Å². The first-order valence-electron chi connectivity index (χ1n) is 8.50. The Kier molecular flexibility index (Phi) is 6.13. The fourth-order valence-corrected chi connectivity index (χ4v) is 2.97. The minimum absolute atomic E-state index is 0.235. The first-order valence-corrected chi connectivity index (χ1v) is 9.29. The van der Waals surface area contributed by atoms with Crippen LogP contribution in [0.4, 0.5) is 0 Å². The Labute approximate surface area is 172 Å². The van der Waals surface area contributed by atoms with Gasteiger partial charge in [-0.2, -0.15) is 5.10 Å². The number of aliphatic carboxylic acids is 1. The molecule has 150 valence electrons. The second-order valence-electron chi connectivity index (χ2n) is 5.77. The number of hydrogen-bond donors (Lipinski definition) is 2. The van der Waals surface area contributed by atoms with Gasteiger partial charge in [0.15, 0.2) is 18.1 Å². The van der Waals surface area contributed by atoms with Crippen molar-refractivity contribution >= 4 is 39.0 Å². The van der Waals surface area contributed by atoms with Crippen LogP contribution in [0.2, 0.25) is 0 Å². The SMILES string of the molecule is CCOc1cc(C=Nn2c(=O)[nH]c3ccccc3c2=O)c(Br)cc1OCC(=O)O. The quantitative estimate of drug-likeness (QED) is 0.519. The van der Waals surface area contributed by atoms with E-state index in [1.807, 2.05) is 0 Å². The number of hydrogen-bond acceptors (Lipinski definition) is 6. The van der Waals surface area contributed by atoms with Gasteiger partial charge in [-0.25, -0.2) is 9.59 Å². The summed E-state index contributed by atoms with van der Waals surface area (Å²) < 4.78 is 11.9. The fourth-order valence-electron chi connectivity index (χ4n) is 2.55. The molecule has 29 heavy (non-hydrogen) atoms. The lowest BCUT2D eigenvalue weighted by Gasteiger charge is -2.12. The van der Waals surface area contributed by atoms with Crippen molar-refractivity contribution < 1.29 is 19.4 Å². The Balaban J connectivity index is 2.01. The standard InChI is InChI=1S/C19H16BrN3O6/c1-2-28-15-7-11(13(20)8-16(15)29-10-17(24)25)9-21-23-18(26)12-5-3-4-6-14(12)22-19(23)27/h3-9H,2,10H2,1H3,(H,22,27)(H,24,25). The summed E-state index contributed by atoms with van der Waals surface area (Å²) in [6, 6.07) is 9.73. The van der Waals surface area contributed by atoms with Crippen molar-refractivity contribution in [1.82, 2.24) is 9.66 Å². The zero-order valence-electron chi connectivity index (χ0n) is 15.2. The number of fused-ring (bicyclic) bond motifs is 1. The van der Waals surface area contributed by atoms with Crippen LogP contribution in [-0.4, -0.2) is 40.2 Å². The van der Waals surface area contributed by atoms with E-state index in [0.29, 0.717) is 33.3 Å². The predicted molar refractivity (Wildman–Crippen MR) is 110 cm³/mol. The van der Waals surface area contributed by atoms with Gasteiger partial charge >= 0.3 is 11.7 Å². The van der Waals surface area contributed by atoms with Crippen LogP contribution in [0.25, 0.3) is 10.9 Å². The topological polar surface area (TPSA) is 123 Å². The van der Waals surface area contributed by atoms with Gasteiger partial charge in [0.05, 0.1) is 23.7 Å². The van der Waals surface area contributed by atoms with Crippen molar-refractivity contribution in [1.29, 1.82) is 0 Å². The molecule has 0 amide bonds. The number of carboxylic acids is 1. The molecule has 0 spiro atoms. The molecule has 3 rings (SSSR count). The molecule has 0 saturated carbocycles. The number of aromatic nitrogens is 2. The predicted octanol–water partition coefficient (Wildman–Crippen LogP) is 2.20. The third-order valence-corrected chi connectivity index (χ3v) is 4.50. The van der Waals surface area contributed by atoms with Gasteiger partial charge in [0, 0.05) is 10.0 Å². The van der Waals surface area contributed by atoms with Crippen molar-refractivity contribution in [3.8, 4) is 11.5 Å². The maximum atomic E-state index is 12.5. The molecule has 2 N–H and O–H groups in total. The van der Waals surface area contributed by atoms with Gasteiger partial charge in [-0.1, -0.05) is 12.1 Å². The van der Waals surface area contributed by atoms with Crippen LogP contribution >= 0.6 is 15.9 Å². The van der Waals surface area contributed by atoms with E-state index in [4.69, 9.17) is 14.6 Å². The molecule has 3 aromatic rings. The van der Waals surface area contributed by atoms with Crippen LogP contribution in [0.1, 0.15) is 12.5 Å². The summed E-state index contributed by atoms with van der Waals surface area (Å²) in [5, 5.41) is 13.1. The third kappa shape index (κ3) is 4.54. The largest absolute Gasteiger partial charge is 0.490 e. The van der Waals surface area contributed by atoms with Crippen molar-refractivity contribution in [2.45, 2.75) is 6.92 Å². The maximum absolute atomic E-state index is 12.5. The second-order valence-corrected chi connectivity index (χ2v) is 6.63. The molecule has 0 aliphatic heterocycles. The molecular weight excluding hydrogens is 446 g/mol. The van der Waals surface area contributed by atoms with E-state index in [9.17, 15) is 14.4 Å². The summed E-state index contributed by atoms with van der Waals surface area (Å²) in [6.07, 6.45) is 1.32. The van der Waals surface area contributed by atoms with Gasteiger partial charge in [0.1, 0.15) is 0 Å². The Morgan fingerprint density at radius 2 is 1.97 bits per heavy atom. The molecule has 0 bridgehead atoms. The molecule has 0 fully saturated rings. The van der Waals surface area contributed by atoms with Gasteiger partial charge in [-0.15, -0.1) is 4.68 Å². The van der Waals surface area contributed by atoms with Crippen molar-refractivity contribution in [3.63, 3.8) is 0 Å². The number of para-hydroxylation sites is 1. The normalized spacial score (nSPS) is 11.1. The van der Waals surface area contributed by atoms with Crippen molar-refractivity contribution in [2.75, 3.05) is 13.2 Å².